The molecule has 0 spiro atoms. The van der Waals surface area contributed by atoms with Crippen molar-refractivity contribution in [1.29, 1.82) is 0 Å². The van der Waals surface area contributed by atoms with E-state index in [-0.39, 0.29) is 23.4 Å². The van der Waals surface area contributed by atoms with Crippen LogP contribution in [0.2, 0.25) is 5.02 Å². The maximum absolute atomic E-state index is 13.4. The van der Waals surface area contributed by atoms with E-state index in [9.17, 15) is 13.2 Å². The van der Waals surface area contributed by atoms with Crippen LogP contribution in [0.15, 0.2) is 77.7 Å². The summed E-state index contributed by atoms with van der Waals surface area (Å²) in [5.41, 5.74) is 2.56. The minimum Gasteiger partial charge on any atom is -0.476 e. The fourth-order valence-corrected chi connectivity index (χ4v) is 5.33. The number of hydrogen-bond donors (Lipinski definition) is 1. The Morgan fingerprint density at radius 2 is 1.76 bits per heavy atom. The summed E-state index contributed by atoms with van der Waals surface area (Å²) in [6, 6.07) is 20.5. The van der Waals surface area contributed by atoms with Gasteiger partial charge in [0, 0.05) is 5.02 Å². The van der Waals surface area contributed by atoms with Gasteiger partial charge in [-0.2, -0.15) is 0 Å². The lowest BCUT2D eigenvalue weighted by Gasteiger charge is -2.35. The molecule has 172 valence electrons. The molecule has 33 heavy (non-hydrogen) atoms. The lowest BCUT2D eigenvalue weighted by atomic mass is 10.0. The van der Waals surface area contributed by atoms with Gasteiger partial charge >= 0.3 is 0 Å². The Kier molecular flexibility index (Phi) is 6.63. The van der Waals surface area contributed by atoms with E-state index in [0.717, 1.165) is 12.0 Å². The van der Waals surface area contributed by atoms with Crippen LogP contribution < -0.4 is 14.4 Å². The summed E-state index contributed by atoms with van der Waals surface area (Å²) >= 11 is 5.93. The molecule has 0 aliphatic carbocycles. The van der Waals surface area contributed by atoms with Gasteiger partial charge in [-0.25, -0.2) is 8.42 Å². The van der Waals surface area contributed by atoms with E-state index in [0.29, 0.717) is 16.5 Å². The van der Waals surface area contributed by atoms with Crippen molar-refractivity contribution in [3.63, 3.8) is 0 Å². The number of nitrogens with one attached hydrogen (secondary N) is 1. The van der Waals surface area contributed by atoms with Gasteiger partial charge in [-0.1, -0.05) is 54.9 Å². The van der Waals surface area contributed by atoms with Crippen molar-refractivity contribution in [2.75, 3.05) is 10.8 Å². The van der Waals surface area contributed by atoms with Crippen molar-refractivity contribution in [2.45, 2.75) is 37.3 Å². The molecule has 0 unspecified atom stereocenters. The molecule has 6 nitrogen and oxygen atoms in total. The summed E-state index contributed by atoms with van der Waals surface area (Å²) in [5, 5.41) is 3.39. The van der Waals surface area contributed by atoms with E-state index in [1.54, 1.807) is 24.3 Å². The number of nitrogens with zero attached hydrogens (tertiary/aromatic N) is 1. The summed E-state index contributed by atoms with van der Waals surface area (Å²) in [7, 11) is -3.93. The Morgan fingerprint density at radius 3 is 2.42 bits per heavy atom. The first-order valence-corrected chi connectivity index (χ1v) is 12.5. The Labute approximate surface area is 199 Å². The second-order valence-electron chi connectivity index (χ2n) is 7.89. The molecule has 3 aromatic carbocycles. The maximum Gasteiger partial charge on any atom is 0.264 e. The fourth-order valence-electron chi connectivity index (χ4n) is 3.73. The highest BCUT2D eigenvalue weighted by Gasteiger charge is 2.37. The number of para-hydroxylation sites is 2. The molecule has 0 radical (unpaired) electrons. The smallest absolute Gasteiger partial charge is 0.264 e. The molecule has 2 atom stereocenters. The predicted octanol–water partition coefficient (Wildman–Crippen LogP) is 4.74. The molecular weight excluding hydrogens is 460 g/mol. The molecule has 3 aromatic rings. The zero-order chi connectivity index (χ0) is 23.6. The van der Waals surface area contributed by atoms with Gasteiger partial charge in [-0.15, -0.1) is 0 Å². The number of anilines is 1. The van der Waals surface area contributed by atoms with Gasteiger partial charge in [0.15, 0.2) is 6.10 Å². The number of benzene rings is 3. The SMILES string of the molecule is CCc1ccc([C@H](C)NC(=O)[C@@H]2CN(S(=O)(=O)c3ccc(Cl)cc3)c3ccccc3O2)cc1. The molecule has 1 N–H and O–H groups in total. The molecular formula is C25H25ClN2O4S. The Balaban J connectivity index is 1.59. The molecule has 1 amide bonds. The topological polar surface area (TPSA) is 75.7 Å². The van der Waals surface area contributed by atoms with Gasteiger partial charge < -0.3 is 10.1 Å². The number of ether oxygens (including phenoxy) is 1. The highest BCUT2D eigenvalue weighted by Crippen LogP contribution is 2.37. The van der Waals surface area contributed by atoms with E-state index in [1.807, 2.05) is 31.2 Å². The number of aryl methyl sites for hydroxylation is 1. The van der Waals surface area contributed by atoms with Crippen LogP contribution >= 0.6 is 11.6 Å². The predicted molar refractivity (Wildman–Crippen MR) is 129 cm³/mol. The summed E-state index contributed by atoms with van der Waals surface area (Å²) in [4.78, 5) is 13.2. The average Bonchev–Trinajstić information content (AvgIpc) is 2.83. The lowest BCUT2D eigenvalue weighted by molar-refractivity contribution is -0.128. The monoisotopic (exact) mass is 484 g/mol. The minimum atomic E-state index is -3.93. The third kappa shape index (κ3) is 4.84. The number of carbonyl (C=O) groups excluding carboxylic acids is 1. The van der Waals surface area contributed by atoms with Crippen LogP contribution in [-0.2, 0) is 21.2 Å². The van der Waals surface area contributed by atoms with Crippen molar-refractivity contribution in [2.24, 2.45) is 0 Å². The Morgan fingerprint density at radius 1 is 1.09 bits per heavy atom. The Hall–Kier alpha value is -3.03. The summed E-state index contributed by atoms with van der Waals surface area (Å²) < 4.78 is 34.0. The summed E-state index contributed by atoms with van der Waals surface area (Å²) in [6.45, 7) is 3.83. The van der Waals surface area contributed by atoms with E-state index in [4.69, 9.17) is 16.3 Å². The van der Waals surface area contributed by atoms with Gasteiger partial charge in [0.25, 0.3) is 15.9 Å². The van der Waals surface area contributed by atoms with Gasteiger partial charge in [0.1, 0.15) is 5.75 Å². The van der Waals surface area contributed by atoms with E-state index >= 15 is 0 Å². The van der Waals surface area contributed by atoms with Gasteiger partial charge in [-0.3, -0.25) is 9.10 Å². The number of halogens is 1. The number of amides is 1. The van der Waals surface area contributed by atoms with Gasteiger partial charge in [-0.05, 0) is 60.9 Å². The highest BCUT2D eigenvalue weighted by atomic mass is 35.5. The van der Waals surface area contributed by atoms with Crippen LogP contribution in [0.25, 0.3) is 0 Å². The number of fused-ring (bicyclic) bond motifs is 1. The normalized spacial score (nSPS) is 16.5. The molecule has 1 heterocycles. The van der Waals surface area contributed by atoms with Crippen LogP contribution in [0.1, 0.15) is 31.0 Å². The van der Waals surface area contributed by atoms with Crippen LogP contribution in [-0.4, -0.2) is 27.0 Å². The minimum absolute atomic E-state index is 0.0899. The van der Waals surface area contributed by atoms with Crippen molar-refractivity contribution < 1.29 is 17.9 Å². The zero-order valence-electron chi connectivity index (χ0n) is 18.4. The largest absolute Gasteiger partial charge is 0.476 e. The number of carbonyl (C=O) groups is 1. The maximum atomic E-state index is 13.4. The standard InChI is InChI=1S/C25H25ClN2O4S/c1-3-18-8-10-19(11-9-18)17(2)27-25(29)24-16-28(22-6-4-5-7-23(22)32-24)33(30,31)21-14-12-20(26)13-15-21/h4-15,17,24H,3,16H2,1-2H3,(H,27,29)/t17-,24-/m0/s1. The first-order valence-electron chi connectivity index (χ1n) is 10.7. The molecule has 1 aliphatic heterocycles. The van der Waals surface area contributed by atoms with E-state index in [2.05, 4.69) is 12.2 Å². The van der Waals surface area contributed by atoms with E-state index in [1.165, 1.54) is 34.1 Å². The van der Waals surface area contributed by atoms with Crippen LogP contribution in [0.5, 0.6) is 5.75 Å². The second kappa shape index (κ2) is 9.45. The second-order valence-corrected chi connectivity index (χ2v) is 10.2. The third-order valence-corrected chi connectivity index (χ3v) is 7.72. The molecule has 0 saturated heterocycles. The van der Waals surface area contributed by atoms with Crippen molar-refractivity contribution >= 4 is 33.2 Å². The fraction of sp³-hybridized carbons (Fsp3) is 0.240. The molecule has 0 saturated carbocycles. The summed E-state index contributed by atoms with van der Waals surface area (Å²) in [5.74, 6) is -0.0470. The van der Waals surface area contributed by atoms with Crippen molar-refractivity contribution in [3.05, 3.63) is 88.9 Å². The number of hydrogen-bond acceptors (Lipinski definition) is 4. The van der Waals surface area contributed by atoms with Crippen LogP contribution in [0.3, 0.4) is 0 Å². The molecule has 1 aliphatic rings. The number of sulfonamides is 1. The lowest BCUT2D eigenvalue weighted by Crippen LogP contribution is -2.51. The van der Waals surface area contributed by atoms with Gasteiger partial charge in [0.05, 0.1) is 23.2 Å². The number of rotatable bonds is 6. The van der Waals surface area contributed by atoms with Crippen molar-refractivity contribution in [3.8, 4) is 5.75 Å². The van der Waals surface area contributed by atoms with Gasteiger partial charge in [0.2, 0.25) is 0 Å². The quantitative estimate of drug-likeness (QED) is 0.548. The van der Waals surface area contributed by atoms with Crippen LogP contribution in [0.4, 0.5) is 5.69 Å². The molecule has 0 aromatic heterocycles. The first-order chi connectivity index (χ1) is 15.8. The van der Waals surface area contributed by atoms with Crippen LogP contribution in [0, 0.1) is 0 Å². The highest BCUT2D eigenvalue weighted by molar-refractivity contribution is 7.92. The van der Waals surface area contributed by atoms with Crippen molar-refractivity contribution in [1.82, 2.24) is 5.32 Å². The average molecular weight is 485 g/mol. The summed E-state index contributed by atoms with van der Waals surface area (Å²) in [6.07, 6.45) is -0.0618. The molecule has 4 rings (SSSR count). The third-order valence-electron chi connectivity index (χ3n) is 5.68. The Bertz CT molecular complexity index is 1240. The van der Waals surface area contributed by atoms with E-state index < -0.39 is 16.1 Å². The first kappa shape index (κ1) is 23.1. The zero-order valence-corrected chi connectivity index (χ0v) is 19.9. The molecule has 0 fully saturated rings. The molecule has 8 heteroatoms. The molecule has 0 bridgehead atoms.